The summed E-state index contributed by atoms with van der Waals surface area (Å²) in [5.41, 5.74) is 2.30. The predicted molar refractivity (Wildman–Crippen MR) is 70.7 cm³/mol. The topological polar surface area (TPSA) is 47.3 Å². The zero-order valence-corrected chi connectivity index (χ0v) is 10.9. The molecule has 1 aromatic carbocycles. The molecule has 2 aliphatic heterocycles. The van der Waals surface area contributed by atoms with Gasteiger partial charge < -0.3 is 14.4 Å². The molecule has 4 nitrogen and oxygen atoms in total. The molecule has 0 radical (unpaired) electrons. The average molecular weight is 274 g/mol. The summed E-state index contributed by atoms with van der Waals surface area (Å²) >= 11 is 0. The fourth-order valence-corrected chi connectivity index (χ4v) is 3.41. The zero-order valence-electron chi connectivity index (χ0n) is 10.9. The molecule has 0 amide bonds. The number of halogens is 1. The molecule has 0 saturated carbocycles. The second kappa shape index (κ2) is 4.40. The van der Waals surface area contributed by atoms with Crippen LogP contribution in [0.4, 0.5) is 4.39 Å². The van der Waals surface area contributed by atoms with Crippen molar-refractivity contribution in [2.75, 3.05) is 13.2 Å². The monoisotopic (exact) mass is 274 g/mol. The molecule has 3 atom stereocenters. The van der Waals surface area contributed by atoms with Gasteiger partial charge in [-0.3, -0.25) is 0 Å². The average Bonchev–Trinajstić information content (AvgIpc) is 3.00. The van der Waals surface area contributed by atoms with Crippen LogP contribution in [0.5, 0.6) is 0 Å². The summed E-state index contributed by atoms with van der Waals surface area (Å²) in [5, 5.41) is 10.3. The van der Waals surface area contributed by atoms with E-state index in [4.69, 9.17) is 4.74 Å². The van der Waals surface area contributed by atoms with E-state index in [1.165, 1.54) is 6.07 Å². The van der Waals surface area contributed by atoms with Crippen LogP contribution in [0, 0.1) is 11.7 Å². The number of imidazole rings is 1. The SMILES string of the molecule is OC1CCOCC1C1c2cccc(F)c2-c2cncn21. The molecular formula is C15H15FN2O2. The molecule has 5 heteroatoms. The van der Waals surface area contributed by atoms with Crippen molar-refractivity contribution in [2.24, 2.45) is 5.92 Å². The molecule has 20 heavy (non-hydrogen) atoms. The molecule has 1 fully saturated rings. The van der Waals surface area contributed by atoms with Gasteiger partial charge >= 0.3 is 0 Å². The molecule has 1 aromatic heterocycles. The molecule has 104 valence electrons. The molecule has 4 rings (SSSR count). The van der Waals surface area contributed by atoms with Gasteiger partial charge in [0.05, 0.1) is 37.0 Å². The van der Waals surface area contributed by atoms with Crippen LogP contribution in [0.1, 0.15) is 18.0 Å². The maximum atomic E-state index is 14.1. The van der Waals surface area contributed by atoms with Gasteiger partial charge in [-0.1, -0.05) is 12.1 Å². The van der Waals surface area contributed by atoms with Crippen LogP contribution in [0.25, 0.3) is 11.3 Å². The van der Waals surface area contributed by atoms with Gasteiger partial charge in [-0.2, -0.15) is 0 Å². The van der Waals surface area contributed by atoms with Crippen molar-refractivity contribution < 1.29 is 14.2 Å². The number of fused-ring (bicyclic) bond motifs is 3. The van der Waals surface area contributed by atoms with Crippen LogP contribution in [-0.4, -0.2) is 34.0 Å². The number of aliphatic hydroxyl groups excluding tert-OH is 1. The molecule has 3 heterocycles. The Hall–Kier alpha value is -1.72. The Morgan fingerprint density at radius 2 is 2.30 bits per heavy atom. The van der Waals surface area contributed by atoms with Crippen molar-refractivity contribution in [1.82, 2.24) is 9.55 Å². The number of hydrogen-bond donors (Lipinski definition) is 1. The molecule has 0 aliphatic carbocycles. The Kier molecular flexibility index (Phi) is 2.65. The first-order valence-electron chi connectivity index (χ1n) is 6.84. The summed E-state index contributed by atoms with van der Waals surface area (Å²) in [4.78, 5) is 4.13. The second-order valence-electron chi connectivity index (χ2n) is 5.43. The van der Waals surface area contributed by atoms with E-state index >= 15 is 0 Å². The van der Waals surface area contributed by atoms with Crippen molar-refractivity contribution in [3.05, 3.63) is 42.1 Å². The number of hydrogen-bond acceptors (Lipinski definition) is 3. The number of aliphatic hydroxyl groups is 1. The van der Waals surface area contributed by atoms with E-state index < -0.39 is 6.10 Å². The third-order valence-corrected chi connectivity index (χ3v) is 4.35. The summed E-state index contributed by atoms with van der Waals surface area (Å²) in [6.07, 6.45) is 3.58. The molecule has 2 aromatic rings. The maximum Gasteiger partial charge on any atom is 0.132 e. The quantitative estimate of drug-likeness (QED) is 0.865. The number of ether oxygens (including phenoxy) is 1. The van der Waals surface area contributed by atoms with Gasteiger partial charge in [-0.15, -0.1) is 0 Å². The smallest absolute Gasteiger partial charge is 0.132 e. The second-order valence-corrected chi connectivity index (χ2v) is 5.43. The summed E-state index contributed by atoms with van der Waals surface area (Å²) in [5.74, 6) is -0.308. The summed E-state index contributed by atoms with van der Waals surface area (Å²) in [6, 6.07) is 5.01. The molecular weight excluding hydrogens is 259 g/mol. The maximum absolute atomic E-state index is 14.1. The highest BCUT2D eigenvalue weighted by molar-refractivity contribution is 5.69. The molecule has 2 aliphatic rings. The fourth-order valence-electron chi connectivity index (χ4n) is 3.41. The lowest BCUT2D eigenvalue weighted by Gasteiger charge is -2.33. The van der Waals surface area contributed by atoms with Crippen LogP contribution in [0.3, 0.4) is 0 Å². The largest absolute Gasteiger partial charge is 0.393 e. The fraction of sp³-hybridized carbons (Fsp3) is 0.400. The highest BCUT2D eigenvalue weighted by Crippen LogP contribution is 2.45. The third kappa shape index (κ3) is 1.57. The van der Waals surface area contributed by atoms with E-state index in [9.17, 15) is 9.50 Å². The van der Waals surface area contributed by atoms with Crippen LogP contribution in [0.2, 0.25) is 0 Å². The highest BCUT2D eigenvalue weighted by atomic mass is 19.1. The van der Waals surface area contributed by atoms with Gasteiger partial charge in [-0.05, 0) is 18.1 Å². The predicted octanol–water partition coefficient (Wildman–Crippen LogP) is 1.99. The normalized spacial score (nSPS) is 28.2. The van der Waals surface area contributed by atoms with E-state index in [0.29, 0.717) is 25.2 Å². The Balaban J connectivity index is 1.87. The van der Waals surface area contributed by atoms with E-state index in [0.717, 1.165) is 11.3 Å². The lowest BCUT2D eigenvalue weighted by atomic mass is 9.86. The molecule has 0 bridgehead atoms. The first kappa shape index (κ1) is 12.1. The molecule has 1 saturated heterocycles. The van der Waals surface area contributed by atoms with Crippen LogP contribution >= 0.6 is 0 Å². The van der Waals surface area contributed by atoms with Gasteiger partial charge in [0.1, 0.15) is 5.82 Å². The summed E-state index contributed by atoms with van der Waals surface area (Å²) < 4.78 is 21.6. The number of aromatic nitrogens is 2. The summed E-state index contributed by atoms with van der Waals surface area (Å²) in [6.45, 7) is 1.07. The van der Waals surface area contributed by atoms with Crippen molar-refractivity contribution in [3.63, 3.8) is 0 Å². The van der Waals surface area contributed by atoms with Gasteiger partial charge in [0, 0.05) is 18.1 Å². The highest BCUT2D eigenvalue weighted by Gasteiger charge is 2.40. The first-order chi connectivity index (χ1) is 9.77. The van der Waals surface area contributed by atoms with E-state index in [2.05, 4.69) is 4.98 Å². The van der Waals surface area contributed by atoms with Crippen molar-refractivity contribution in [1.29, 1.82) is 0 Å². The molecule has 3 unspecified atom stereocenters. The van der Waals surface area contributed by atoms with Gasteiger partial charge in [0.2, 0.25) is 0 Å². The van der Waals surface area contributed by atoms with Crippen molar-refractivity contribution in [2.45, 2.75) is 18.6 Å². The number of benzene rings is 1. The molecule has 1 N–H and O–H groups in total. The number of rotatable bonds is 1. The minimum atomic E-state index is -0.432. The Labute approximate surface area is 115 Å². The first-order valence-corrected chi connectivity index (χ1v) is 6.84. The van der Waals surface area contributed by atoms with Crippen molar-refractivity contribution in [3.8, 4) is 11.3 Å². The van der Waals surface area contributed by atoms with E-state index in [1.54, 1.807) is 18.6 Å². The number of nitrogens with zero attached hydrogens (tertiary/aromatic N) is 2. The lowest BCUT2D eigenvalue weighted by Crippen LogP contribution is -2.37. The van der Waals surface area contributed by atoms with E-state index in [-0.39, 0.29) is 17.8 Å². The van der Waals surface area contributed by atoms with Gasteiger partial charge in [0.25, 0.3) is 0 Å². The van der Waals surface area contributed by atoms with Crippen LogP contribution in [-0.2, 0) is 4.74 Å². The van der Waals surface area contributed by atoms with Crippen LogP contribution < -0.4 is 0 Å². The minimum absolute atomic E-state index is 0.0697. The van der Waals surface area contributed by atoms with Crippen molar-refractivity contribution >= 4 is 0 Å². The van der Waals surface area contributed by atoms with Gasteiger partial charge in [0.15, 0.2) is 0 Å². The van der Waals surface area contributed by atoms with Gasteiger partial charge in [-0.25, -0.2) is 9.37 Å². The Morgan fingerprint density at radius 3 is 3.15 bits per heavy atom. The molecule has 0 spiro atoms. The minimum Gasteiger partial charge on any atom is -0.393 e. The summed E-state index contributed by atoms with van der Waals surface area (Å²) in [7, 11) is 0. The van der Waals surface area contributed by atoms with Crippen LogP contribution in [0.15, 0.2) is 30.7 Å². The van der Waals surface area contributed by atoms with E-state index in [1.807, 2.05) is 10.6 Å². The standard InChI is InChI=1S/C15H15FN2O2/c16-11-3-1-2-9-14(11)12-6-17-8-18(12)15(9)10-7-20-5-4-13(10)19/h1-3,6,8,10,13,15,19H,4-5,7H2. The Morgan fingerprint density at radius 1 is 1.40 bits per heavy atom. The lowest BCUT2D eigenvalue weighted by molar-refractivity contribution is -0.0481. The third-order valence-electron chi connectivity index (χ3n) is 4.35. The Bertz CT molecular complexity index is 655. The zero-order chi connectivity index (χ0) is 13.7.